The summed E-state index contributed by atoms with van der Waals surface area (Å²) in [4.78, 5) is 0. The molecule has 180 valence electrons. The Balaban J connectivity index is 2.50. The van der Waals surface area contributed by atoms with Gasteiger partial charge in [0.1, 0.15) is 0 Å². The predicted molar refractivity (Wildman–Crippen MR) is 138 cm³/mol. The lowest BCUT2D eigenvalue weighted by Gasteiger charge is -2.36. The molecule has 0 spiro atoms. The fourth-order valence-electron chi connectivity index (χ4n) is 6.43. The first-order chi connectivity index (χ1) is 14.0. The first-order valence-corrected chi connectivity index (χ1v) is 14.0. The van der Waals surface area contributed by atoms with Gasteiger partial charge >= 0.3 is 0 Å². The minimum Gasteiger partial charge on any atom is -0.0654 e. The molecule has 0 heteroatoms. The molecule has 1 aliphatic carbocycles. The van der Waals surface area contributed by atoms with Crippen molar-refractivity contribution >= 4 is 0 Å². The molecular weight excluding hydrogens is 360 g/mol. The van der Waals surface area contributed by atoms with E-state index in [-0.39, 0.29) is 0 Å². The SMILES string of the molecule is CCCC1C(CCCCC(C)CCC(C)C)C1C(C)C(C)C(C)C(C)C(C)C(C)C. The van der Waals surface area contributed by atoms with Gasteiger partial charge in [0, 0.05) is 0 Å². The van der Waals surface area contributed by atoms with E-state index in [1.807, 2.05) is 0 Å². The monoisotopic (exact) mass is 420 g/mol. The van der Waals surface area contributed by atoms with Gasteiger partial charge < -0.3 is 0 Å². The molecular formula is C30H60. The van der Waals surface area contributed by atoms with Gasteiger partial charge in [0.05, 0.1) is 0 Å². The minimum absolute atomic E-state index is 0.800. The molecule has 0 aromatic carbocycles. The first kappa shape index (κ1) is 28.0. The molecule has 0 nitrogen and oxygen atoms in total. The van der Waals surface area contributed by atoms with Crippen molar-refractivity contribution in [3.05, 3.63) is 0 Å². The van der Waals surface area contributed by atoms with Gasteiger partial charge in [-0.15, -0.1) is 0 Å². The highest BCUT2D eigenvalue weighted by atomic mass is 14.6. The van der Waals surface area contributed by atoms with Crippen molar-refractivity contribution in [1.29, 1.82) is 0 Å². The van der Waals surface area contributed by atoms with Crippen LogP contribution < -0.4 is 0 Å². The summed E-state index contributed by atoms with van der Waals surface area (Å²) in [6.07, 6.45) is 11.6. The van der Waals surface area contributed by atoms with E-state index in [0.29, 0.717) is 0 Å². The van der Waals surface area contributed by atoms with Crippen LogP contribution in [0.25, 0.3) is 0 Å². The van der Waals surface area contributed by atoms with Gasteiger partial charge in [-0.3, -0.25) is 0 Å². The van der Waals surface area contributed by atoms with E-state index >= 15 is 0 Å². The van der Waals surface area contributed by atoms with Crippen LogP contribution in [-0.2, 0) is 0 Å². The van der Waals surface area contributed by atoms with E-state index in [2.05, 4.69) is 76.2 Å². The third kappa shape index (κ3) is 8.50. The van der Waals surface area contributed by atoms with E-state index < -0.39 is 0 Å². The molecule has 0 aromatic heterocycles. The summed E-state index contributed by atoms with van der Waals surface area (Å²) < 4.78 is 0. The van der Waals surface area contributed by atoms with Gasteiger partial charge in [0.25, 0.3) is 0 Å². The van der Waals surface area contributed by atoms with Crippen molar-refractivity contribution in [2.75, 3.05) is 0 Å². The highest BCUT2D eigenvalue weighted by Crippen LogP contribution is 2.58. The summed E-state index contributed by atoms with van der Waals surface area (Å²) in [7, 11) is 0. The highest BCUT2D eigenvalue weighted by molar-refractivity contribution is 5.00. The molecule has 0 radical (unpaired) electrons. The Morgan fingerprint density at radius 1 is 0.567 bits per heavy atom. The third-order valence-corrected chi connectivity index (χ3v) is 9.72. The molecule has 0 saturated heterocycles. The maximum atomic E-state index is 2.61. The van der Waals surface area contributed by atoms with Crippen molar-refractivity contribution < 1.29 is 0 Å². The Morgan fingerprint density at radius 3 is 1.67 bits per heavy atom. The van der Waals surface area contributed by atoms with Gasteiger partial charge in [-0.2, -0.15) is 0 Å². The summed E-state index contributed by atoms with van der Waals surface area (Å²) in [6, 6.07) is 0. The molecule has 1 rings (SSSR count). The second-order valence-corrected chi connectivity index (χ2v) is 12.6. The molecule has 1 aliphatic rings. The normalized spacial score (nSPS) is 27.7. The molecule has 0 amide bonds. The molecule has 1 fully saturated rings. The predicted octanol–water partition coefficient (Wildman–Crippen LogP) is 10.1. The summed E-state index contributed by atoms with van der Waals surface area (Å²) in [5, 5.41) is 0. The van der Waals surface area contributed by atoms with Crippen LogP contribution in [-0.4, -0.2) is 0 Å². The maximum absolute atomic E-state index is 2.61. The largest absolute Gasteiger partial charge is 0.0654 e. The zero-order valence-electron chi connectivity index (χ0n) is 23.0. The number of hydrogen-bond acceptors (Lipinski definition) is 0. The Hall–Kier alpha value is 0. The van der Waals surface area contributed by atoms with Gasteiger partial charge in [0.15, 0.2) is 0 Å². The van der Waals surface area contributed by atoms with Crippen LogP contribution in [0.15, 0.2) is 0 Å². The topological polar surface area (TPSA) is 0 Å². The van der Waals surface area contributed by atoms with Crippen LogP contribution in [0.3, 0.4) is 0 Å². The molecule has 0 aromatic rings. The van der Waals surface area contributed by atoms with Gasteiger partial charge in [-0.1, -0.05) is 121 Å². The number of unbranched alkanes of at least 4 members (excludes halogenated alkanes) is 1. The maximum Gasteiger partial charge on any atom is -0.0323 e. The van der Waals surface area contributed by atoms with Crippen LogP contribution in [0.4, 0.5) is 0 Å². The molecule has 1 saturated carbocycles. The molecule has 0 heterocycles. The third-order valence-electron chi connectivity index (χ3n) is 9.72. The van der Waals surface area contributed by atoms with Crippen LogP contribution in [0.2, 0.25) is 0 Å². The highest BCUT2D eigenvalue weighted by Gasteiger charge is 2.52. The van der Waals surface area contributed by atoms with Crippen molar-refractivity contribution in [3.8, 4) is 0 Å². The molecule has 0 aliphatic heterocycles. The lowest BCUT2D eigenvalue weighted by molar-refractivity contribution is 0.131. The Kier molecular flexibility index (Phi) is 12.6. The second-order valence-electron chi connectivity index (χ2n) is 12.6. The Bertz CT molecular complexity index is 435. The quantitative estimate of drug-likeness (QED) is 0.218. The molecule has 9 atom stereocenters. The average molecular weight is 421 g/mol. The Morgan fingerprint density at radius 2 is 1.13 bits per heavy atom. The van der Waals surface area contributed by atoms with E-state index in [1.54, 1.807) is 0 Å². The fraction of sp³-hybridized carbons (Fsp3) is 1.00. The molecule has 30 heavy (non-hydrogen) atoms. The van der Waals surface area contributed by atoms with E-state index in [1.165, 1.54) is 51.4 Å². The summed E-state index contributed by atoms with van der Waals surface area (Å²) in [5.74, 6) is 9.93. The zero-order chi connectivity index (χ0) is 23.0. The van der Waals surface area contributed by atoms with Crippen LogP contribution in [0.1, 0.15) is 128 Å². The fourth-order valence-corrected chi connectivity index (χ4v) is 6.43. The number of rotatable bonds is 16. The number of hydrogen-bond donors (Lipinski definition) is 0. The minimum atomic E-state index is 0.800. The average Bonchev–Trinajstić information content (AvgIpc) is 3.38. The van der Waals surface area contributed by atoms with Gasteiger partial charge in [-0.05, 0) is 71.5 Å². The van der Waals surface area contributed by atoms with Crippen LogP contribution in [0.5, 0.6) is 0 Å². The van der Waals surface area contributed by atoms with E-state index in [0.717, 1.165) is 65.1 Å². The summed E-state index contributed by atoms with van der Waals surface area (Å²) in [5.41, 5.74) is 0. The van der Waals surface area contributed by atoms with Crippen molar-refractivity contribution in [2.45, 2.75) is 128 Å². The first-order valence-electron chi connectivity index (χ1n) is 14.0. The molecule has 0 N–H and O–H groups in total. The molecule has 0 bridgehead atoms. The lowest BCUT2D eigenvalue weighted by Crippen LogP contribution is -2.29. The van der Waals surface area contributed by atoms with E-state index in [9.17, 15) is 0 Å². The molecule has 9 unspecified atom stereocenters. The zero-order valence-corrected chi connectivity index (χ0v) is 23.0. The lowest BCUT2D eigenvalue weighted by atomic mass is 9.70. The summed E-state index contributed by atoms with van der Waals surface area (Å²) >= 11 is 0. The van der Waals surface area contributed by atoms with Gasteiger partial charge in [-0.25, -0.2) is 0 Å². The smallest absolute Gasteiger partial charge is 0.0323 e. The standard InChI is InChI=1S/C30H60/c1-12-15-28-29(17-14-13-16-22(6)19-18-20(2)3)30(28)27(11)26(10)25(9)24(8)23(7)21(4)5/h20-30H,12-19H2,1-11H3. The van der Waals surface area contributed by atoms with Crippen molar-refractivity contribution in [1.82, 2.24) is 0 Å². The van der Waals surface area contributed by atoms with Crippen LogP contribution >= 0.6 is 0 Å². The second kappa shape index (κ2) is 13.5. The van der Waals surface area contributed by atoms with Crippen molar-refractivity contribution in [3.63, 3.8) is 0 Å². The van der Waals surface area contributed by atoms with Gasteiger partial charge in [0.2, 0.25) is 0 Å². The summed E-state index contributed by atoms with van der Waals surface area (Å²) in [6.45, 7) is 27.1. The Labute approximate surface area is 192 Å². The van der Waals surface area contributed by atoms with Crippen molar-refractivity contribution in [2.24, 2.45) is 65.1 Å². The van der Waals surface area contributed by atoms with E-state index in [4.69, 9.17) is 0 Å². The van der Waals surface area contributed by atoms with Crippen LogP contribution in [0, 0.1) is 65.1 Å².